The monoisotopic (exact) mass is 312 g/mol. The van der Waals surface area contributed by atoms with Crippen LogP contribution in [0.2, 0.25) is 0 Å². The van der Waals surface area contributed by atoms with Gasteiger partial charge in [-0.15, -0.1) is 0 Å². The first-order valence-corrected chi connectivity index (χ1v) is 6.39. The summed E-state index contributed by atoms with van der Waals surface area (Å²) in [6.45, 7) is 3.31. The SMILES string of the molecule is CCCn1cncc1Cn1cc(Br)c(=O)[nH]c1=O. The van der Waals surface area contributed by atoms with Crippen LogP contribution in [0.1, 0.15) is 19.0 Å². The molecule has 0 amide bonds. The van der Waals surface area contributed by atoms with Crippen LogP contribution in [-0.2, 0) is 13.1 Å². The van der Waals surface area contributed by atoms with E-state index in [0.717, 1.165) is 18.7 Å². The molecular formula is C11H13BrN4O2. The van der Waals surface area contributed by atoms with Crippen molar-refractivity contribution < 1.29 is 0 Å². The highest BCUT2D eigenvalue weighted by atomic mass is 79.9. The highest BCUT2D eigenvalue weighted by molar-refractivity contribution is 9.10. The molecule has 18 heavy (non-hydrogen) atoms. The van der Waals surface area contributed by atoms with Gasteiger partial charge < -0.3 is 4.57 Å². The van der Waals surface area contributed by atoms with Crippen molar-refractivity contribution in [2.24, 2.45) is 0 Å². The topological polar surface area (TPSA) is 72.7 Å². The van der Waals surface area contributed by atoms with E-state index in [1.165, 1.54) is 10.8 Å². The first kappa shape index (κ1) is 12.8. The number of rotatable bonds is 4. The molecule has 0 aliphatic heterocycles. The van der Waals surface area contributed by atoms with Gasteiger partial charge in [-0.3, -0.25) is 14.3 Å². The van der Waals surface area contributed by atoms with Gasteiger partial charge in [0, 0.05) is 18.9 Å². The van der Waals surface area contributed by atoms with Gasteiger partial charge in [0.15, 0.2) is 0 Å². The van der Waals surface area contributed by atoms with Crippen LogP contribution in [0.4, 0.5) is 0 Å². The summed E-state index contributed by atoms with van der Waals surface area (Å²) in [5.74, 6) is 0. The minimum atomic E-state index is -0.424. The van der Waals surface area contributed by atoms with Crippen molar-refractivity contribution in [2.45, 2.75) is 26.4 Å². The molecule has 0 aromatic carbocycles. The summed E-state index contributed by atoms with van der Waals surface area (Å²) in [7, 11) is 0. The van der Waals surface area contributed by atoms with E-state index in [9.17, 15) is 9.59 Å². The summed E-state index contributed by atoms with van der Waals surface area (Å²) in [4.78, 5) is 29.2. The predicted molar refractivity (Wildman–Crippen MR) is 70.6 cm³/mol. The van der Waals surface area contributed by atoms with Gasteiger partial charge in [-0.1, -0.05) is 6.92 Å². The molecule has 0 saturated heterocycles. The maximum Gasteiger partial charge on any atom is 0.328 e. The Labute approximate surface area is 111 Å². The predicted octanol–water partition coefficient (Wildman–Crippen LogP) is 0.954. The van der Waals surface area contributed by atoms with Crippen LogP contribution in [0.5, 0.6) is 0 Å². The second kappa shape index (κ2) is 5.34. The summed E-state index contributed by atoms with van der Waals surface area (Å²) in [5.41, 5.74) is 0.0867. The number of imidazole rings is 1. The zero-order chi connectivity index (χ0) is 13.1. The minimum absolute atomic E-state index is 0.337. The molecule has 0 atom stereocenters. The quantitative estimate of drug-likeness (QED) is 0.913. The number of aromatic nitrogens is 4. The van der Waals surface area contributed by atoms with E-state index in [0.29, 0.717) is 11.0 Å². The van der Waals surface area contributed by atoms with Crippen molar-refractivity contribution in [2.75, 3.05) is 0 Å². The van der Waals surface area contributed by atoms with Gasteiger partial charge in [0.25, 0.3) is 5.56 Å². The Morgan fingerprint density at radius 2 is 2.17 bits per heavy atom. The van der Waals surface area contributed by atoms with Gasteiger partial charge in [0.1, 0.15) is 0 Å². The molecule has 0 bridgehead atoms. The standard InChI is InChI=1S/C11H13BrN4O2/c1-2-3-15-7-13-4-8(15)5-16-6-9(12)10(17)14-11(16)18/h4,6-7H,2-3,5H2,1H3,(H,14,17,18). The number of aryl methyl sites for hydroxylation is 1. The van der Waals surface area contributed by atoms with E-state index in [1.54, 1.807) is 12.5 Å². The molecule has 0 aliphatic rings. The Bertz CT molecular complexity index is 656. The molecule has 2 aromatic heterocycles. The molecule has 0 unspecified atom stereocenters. The molecule has 2 rings (SSSR count). The third-order valence-corrected chi connectivity index (χ3v) is 3.13. The van der Waals surface area contributed by atoms with Crippen LogP contribution in [0.3, 0.4) is 0 Å². The molecule has 0 aliphatic carbocycles. The molecule has 2 heterocycles. The zero-order valence-corrected chi connectivity index (χ0v) is 11.5. The molecule has 7 heteroatoms. The lowest BCUT2D eigenvalue weighted by molar-refractivity contribution is 0.609. The molecule has 0 fully saturated rings. The molecule has 96 valence electrons. The average molecular weight is 313 g/mol. The highest BCUT2D eigenvalue weighted by Gasteiger charge is 2.06. The number of nitrogens with one attached hydrogen (secondary N) is 1. The number of aromatic amines is 1. The Kier molecular flexibility index (Phi) is 3.81. The molecule has 0 spiro atoms. The molecule has 0 saturated carbocycles. The van der Waals surface area contributed by atoms with Crippen LogP contribution < -0.4 is 11.2 Å². The number of hydrogen-bond donors (Lipinski definition) is 1. The Hall–Kier alpha value is -1.63. The van der Waals surface area contributed by atoms with E-state index in [2.05, 4.69) is 32.8 Å². The Morgan fingerprint density at radius 1 is 1.39 bits per heavy atom. The van der Waals surface area contributed by atoms with Crippen molar-refractivity contribution in [3.63, 3.8) is 0 Å². The summed E-state index contributed by atoms with van der Waals surface area (Å²) in [5, 5.41) is 0. The second-order valence-electron chi connectivity index (χ2n) is 3.94. The average Bonchev–Trinajstić information content (AvgIpc) is 2.74. The molecule has 1 N–H and O–H groups in total. The van der Waals surface area contributed by atoms with Crippen LogP contribution in [0.15, 0.2) is 32.8 Å². The zero-order valence-electron chi connectivity index (χ0n) is 9.89. The van der Waals surface area contributed by atoms with Crippen LogP contribution in [-0.4, -0.2) is 19.1 Å². The minimum Gasteiger partial charge on any atom is -0.333 e. The van der Waals surface area contributed by atoms with Gasteiger partial charge in [-0.2, -0.15) is 0 Å². The maximum absolute atomic E-state index is 11.6. The first-order chi connectivity index (χ1) is 8.61. The third-order valence-electron chi connectivity index (χ3n) is 2.56. The highest BCUT2D eigenvalue weighted by Crippen LogP contribution is 2.04. The van der Waals surface area contributed by atoms with Gasteiger partial charge in [0.2, 0.25) is 0 Å². The van der Waals surface area contributed by atoms with Crippen molar-refractivity contribution in [3.8, 4) is 0 Å². The lowest BCUT2D eigenvalue weighted by Gasteiger charge is -2.08. The summed E-state index contributed by atoms with van der Waals surface area (Å²) in [6, 6.07) is 0. The van der Waals surface area contributed by atoms with Gasteiger partial charge in [0.05, 0.1) is 23.0 Å². The van der Waals surface area contributed by atoms with Crippen LogP contribution in [0.25, 0.3) is 0 Å². The number of H-pyrrole nitrogens is 1. The lowest BCUT2D eigenvalue weighted by atomic mass is 10.4. The van der Waals surface area contributed by atoms with Gasteiger partial charge in [-0.05, 0) is 22.4 Å². The van der Waals surface area contributed by atoms with Crippen molar-refractivity contribution in [1.29, 1.82) is 0 Å². The fraction of sp³-hybridized carbons (Fsp3) is 0.364. The smallest absolute Gasteiger partial charge is 0.328 e. The largest absolute Gasteiger partial charge is 0.333 e. The molecule has 2 aromatic rings. The van der Waals surface area contributed by atoms with Crippen LogP contribution in [0, 0.1) is 0 Å². The maximum atomic E-state index is 11.6. The fourth-order valence-electron chi connectivity index (χ4n) is 1.70. The Balaban J connectivity index is 2.34. The van der Waals surface area contributed by atoms with E-state index in [-0.39, 0.29) is 0 Å². The van der Waals surface area contributed by atoms with Crippen LogP contribution >= 0.6 is 15.9 Å². The molecule has 6 nitrogen and oxygen atoms in total. The summed E-state index contributed by atoms with van der Waals surface area (Å²) in [6.07, 6.45) is 5.95. The van der Waals surface area contributed by atoms with E-state index < -0.39 is 11.2 Å². The summed E-state index contributed by atoms with van der Waals surface area (Å²) >= 11 is 3.11. The van der Waals surface area contributed by atoms with E-state index in [4.69, 9.17) is 0 Å². The van der Waals surface area contributed by atoms with Crippen molar-refractivity contribution in [3.05, 3.63) is 49.7 Å². The lowest BCUT2D eigenvalue weighted by Crippen LogP contribution is -2.30. The fourth-order valence-corrected chi connectivity index (χ4v) is 2.04. The second-order valence-corrected chi connectivity index (χ2v) is 4.80. The normalized spacial score (nSPS) is 10.8. The van der Waals surface area contributed by atoms with E-state index in [1.807, 2.05) is 4.57 Å². The number of nitrogens with zero attached hydrogens (tertiary/aromatic N) is 3. The molecular weight excluding hydrogens is 300 g/mol. The van der Waals surface area contributed by atoms with Gasteiger partial charge in [-0.25, -0.2) is 9.78 Å². The third kappa shape index (κ3) is 2.61. The first-order valence-electron chi connectivity index (χ1n) is 5.60. The van der Waals surface area contributed by atoms with E-state index >= 15 is 0 Å². The summed E-state index contributed by atoms with van der Waals surface area (Å²) < 4.78 is 3.77. The molecule has 0 radical (unpaired) electrons. The van der Waals surface area contributed by atoms with Crippen molar-refractivity contribution in [1.82, 2.24) is 19.1 Å². The number of hydrogen-bond acceptors (Lipinski definition) is 3. The Morgan fingerprint density at radius 3 is 2.89 bits per heavy atom. The number of halogens is 1. The van der Waals surface area contributed by atoms with Gasteiger partial charge >= 0.3 is 5.69 Å². The van der Waals surface area contributed by atoms with Crippen molar-refractivity contribution >= 4 is 15.9 Å².